The van der Waals surface area contributed by atoms with Crippen molar-refractivity contribution in [2.75, 3.05) is 23.7 Å². The first-order chi connectivity index (χ1) is 11.1. The maximum absolute atomic E-state index is 12.7. The molecule has 1 heterocycles. The van der Waals surface area contributed by atoms with Crippen molar-refractivity contribution in [1.82, 2.24) is 4.90 Å². The Morgan fingerprint density at radius 1 is 1.38 bits per heavy atom. The Morgan fingerprint density at radius 3 is 2.58 bits per heavy atom. The summed E-state index contributed by atoms with van der Waals surface area (Å²) in [6.45, 7) is 3.69. The second-order valence-corrected chi connectivity index (χ2v) is 7.92. The standard InChI is InChI=1S/C16H22N2O5S/c1-4-11(2)17(10-15(19)20)16(21)13-5-6-14-12(9-13)7-8-18(14)24(3,22)23/h5-6,9,11H,4,7-8,10H2,1-3H3,(H,19,20). The quantitative estimate of drug-likeness (QED) is 0.832. The summed E-state index contributed by atoms with van der Waals surface area (Å²) in [4.78, 5) is 25.1. The van der Waals surface area contributed by atoms with Gasteiger partial charge in [0.05, 0.1) is 11.9 Å². The van der Waals surface area contributed by atoms with Crippen LogP contribution in [0.2, 0.25) is 0 Å². The number of hydrogen-bond donors (Lipinski definition) is 1. The molecule has 1 atom stereocenters. The third-order valence-electron chi connectivity index (χ3n) is 4.27. The molecule has 1 aliphatic heterocycles. The van der Waals surface area contributed by atoms with E-state index in [0.717, 1.165) is 11.8 Å². The highest BCUT2D eigenvalue weighted by molar-refractivity contribution is 7.92. The van der Waals surface area contributed by atoms with Crippen LogP contribution >= 0.6 is 0 Å². The van der Waals surface area contributed by atoms with Crippen molar-refractivity contribution in [3.63, 3.8) is 0 Å². The Balaban J connectivity index is 2.33. The van der Waals surface area contributed by atoms with Gasteiger partial charge in [-0.1, -0.05) is 6.92 Å². The number of carbonyl (C=O) groups is 2. The number of carbonyl (C=O) groups excluding carboxylic acids is 1. The summed E-state index contributed by atoms with van der Waals surface area (Å²) in [7, 11) is -3.34. The van der Waals surface area contributed by atoms with Gasteiger partial charge < -0.3 is 10.0 Å². The molecule has 0 spiro atoms. The number of carboxylic acids is 1. The van der Waals surface area contributed by atoms with E-state index in [1.54, 1.807) is 25.1 Å². The fraction of sp³-hybridized carbons (Fsp3) is 0.500. The van der Waals surface area contributed by atoms with Crippen LogP contribution in [0.1, 0.15) is 36.2 Å². The summed E-state index contributed by atoms with van der Waals surface area (Å²) in [5.41, 5.74) is 1.75. The molecule has 1 aromatic rings. The molecule has 1 N–H and O–H groups in total. The van der Waals surface area contributed by atoms with Crippen LogP contribution in [0, 0.1) is 0 Å². The molecule has 1 amide bonds. The third kappa shape index (κ3) is 3.69. The average molecular weight is 354 g/mol. The van der Waals surface area contributed by atoms with Crippen molar-refractivity contribution in [2.24, 2.45) is 0 Å². The molecule has 0 bridgehead atoms. The highest BCUT2D eigenvalue weighted by atomic mass is 32.2. The number of sulfonamides is 1. The SMILES string of the molecule is CCC(C)N(CC(=O)O)C(=O)c1ccc2c(c1)CCN2S(C)(=O)=O. The van der Waals surface area contributed by atoms with E-state index < -0.39 is 16.0 Å². The first kappa shape index (κ1) is 18.3. The molecule has 1 unspecified atom stereocenters. The lowest BCUT2D eigenvalue weighted by Gasteiger charge is -2.27. The van der Waals surface area contributed by atoms with Gasteiger partial charge in [0, 0.05) is 18.2 Å². The molecule has 0 saturated heterocycles. The van der Waals surface area contributed by atoms with Crippen molar-refractivity contribution >= 4 is 27.6 Å². The molecule has 8 heteroatoms. The second kappa shape index (κ2) is 6.80. The Morgan fingerprint density at radius 2 is 2.04 bits per heavy atom. The molecule has 0 aliphatic carbocycles. The van der Waals surface area contributed by atoms with Crippen LogP contribution < -0.4 is 4.31 Å². The summed E-state index contributed by atoms with van der Waals surface area (Å²) < 4.78 is 24.8. The molecular weight excluding hydrogens is 332 g/mol. The second-order valence-electron chi connectivity index (χ2n) is 6.01. The van der Waals surface area contributed by atoms with E-state index in [2.05, 4.69) is 0 Å². The van der Waals surface area contributed by atoms with E-state index in [0.29, 0.717) is 30.6 Å². The number of rotatable bonds is 6. The number of aliphatic carboxylic acids is 1. The lowest BCUT2D eigenvalue weighted by Crippen LogP contribution is -2.41. The van der Waals surface area contributed by atoms with Crippen molar-refractivity contribution in [3.8, 4) is 0 Å². The summed E-state index contributed by atoms with van der Waals surface area (Å²) in [5.74, 6) is -1.42. The van der Waals surface area contributed by atoms with Gasteiger partial charge in [0.25, 0.3) is 5.91 Å². The van der Waals surface area contributed by atoms with Crippen LogP contribution in [-0.2, 0) is 21.2 Å². The molecule has 0 saturated carbocycles. The van der Waals surface area contributed by atoms with Crippen molar-refractivity contribution < 1.29 is 23.1 Å². The van der Waals surface area contributed by atoms with Crippen LogP contribution in [0.15, 0.2) is 18.2 Å². The maximum atomic E-state index is 12.7. The molecule has 24 heavy (non-hydrogen) atoms. The minimum atomic E-state index is -3.34. The molecule has 1 aliphatic rings. The van der Waals surface area contributed by atoms with Crippen LogP contribution in [0.5, 0.6) is 0 Å². The van der Waals surface area contributed by atoms with Crippen LogP contribution in [0.3, 0.4) is 0 Å². The van der Waals surface area contributed by atoms with E-state index in [1.807, 2.05) is 6.92 Å². The molecule has 1 aromatic carbocycles. The Bertz CT molecular complexity index is 760. The summed E-state index contributed by atoms with van der Waals surface area (Å²) in [5, 5.41) is 9.04. The zero-order valence-electron chi connectivity index (χ0n) is 14.0. The first-order valence-electron chi connectivity index (χ1n) is 7.78. The highest BCUT2D eigenvalue weighted by Gasteiger charge is 2.28. The largest absolute Gasteiger partial charge is 0.480 e. The summed E-state index contributed by atoms with van der Waals surface area (Å²) in [6, 6.07) is 4.64. The number of nitrogens with zero attached hydrogens (tertiary/aromatic N) is 2. The average Bonchev–Trinajstić information content (AvgIpc) is 2.94. The van der Waals surface area contributed by atoms with E-state index in [4.69, 9.17) is 5.11 Å². The zero-order chi connectivity index (χ0) is 18.1. The molecule has 0 aromatic heterocycles. The number of benzene rings is 1. The summed E-state index contributed by atoms with van der Waals surface area (Å²) in [6.07, 6.45) is 2.33. The van der Waals surface area contributed by atoms with Gasteiger partial charge >= 0.3 is 5.97 Å². The fourth-order valence-electron chi connectivity index (χ4n) is 2.81. The number of carboxylic acid groups (broad SMARTS) is 1. The van der Waals surface area contributed by atoms with E-state index in [-0.39, 0.29) is 18.5 Å². The lowest BCUT2D eigenvalue weighted by molar-refractivity contribution is -0.138. The topological polar surface area (TPSA) is 95.0 Å². The predicted molar refractivity (Wildman–Crippen MR) is 90.8 cm³/mol. The number of fused-ring (bicyclic) bond motifs is 1. The summed E-state index contributed by atoms with van der Waals surface area (Å²) >= 11 is 0. The van der Waals surface area contributed by atoms with Gasteiger partial charge in [-0.25, -0.2) is 8.42 Å². The normalized spacial score (nSPS) is 15.0. The monoisotopic (exact) mass is 354 g/mol. The molecule has 7 nitrogen and oxygen atoms in total. The Kier molecular flexibility index (Phi) is 5.17. The van der Waals surface area contributed by atoms with Crippen molar-refractivity contribution in [2.45, 2.75) is 32.7 Å². The van der Waals surface area contributed by atoms with Gasteiger partial charge in [0.15, 0.2) is 0 Å². The molecule has 132 valence electrons. The van der Waals surface area contributed by atoms with Gasteiger partial charge in [-0.2, -0.15) is 0 Å². The number of hydrogen-bond acceptors (Lipinski definition) is 4. The highest BCUT2D eigenvalue weighted by Crippen LogP contribution is 2.31. The maximum Gasteiger partial charge on any atom is 0.323 e. The van der Waals surface area contributed by atoms with Crippen molar-refractivity contribution in [3.05, 3.63) is 29.3 Å². The first-order valence-corrected chi connectivity index (χ1v) is 9.63. The fourth-order valence-corrected chi connectivity index (χ4v) is 3.77. The van der Waals surface area contributed by atoms with E-state index in [9.17, 15) is 18.0 Å². The predicted octanol–water partition coefficient (Wildman–Crippen LogP) is 1.33. The van der Waals surface area contributed by atoms with Gasteiger partial charge in [-0.15, -0.1) is 0 Å². The Labute approximate surface area is 141 Å². The van der Waals surface area contributed by atoms with E-state index >= 15 is 0 Å². The van der Waals surface area contributed by atoms with Gasteiger partial charge in [-0.3, -0.25) is 13.9 Å². The third-order valence-corrected chi connectivity index (χ3v) is 5.45. The lowest BCUT2D eigenvalue weighted by atomic mass is 10.1. The molecule has 0 fully saturated rings. The zero-order valence-corrected chi connectivity index (χ0v) is 14.8. The van der Waals surface area contributed by atoms with E-state index in [1.165, 1.54) is 9.21 Å². The van der Waals surface area contributed by atoms with Crippen LogP contribution in [0.4, 0.5) is 5.69 Å². The van der Waals surface area contributed by atoms with Crippen LogP contribution in [0.25, 0.3) is 0 Å². The van der Waals surface area contributed by atoms with Gasteiger partial charge in [0.2, 0.25) is 10.0 Å². The minimum Gasteiger partial charge on any atom is -0.480 e. The Hall–Kier alpha value is -2.09. The number of amides is 1. The molecule has 2 rings (SSSR count). The number of anilines is 1. The molecule has 0 radical (unpaired) electrons. The minimum absolute atomic E-state index is 0.200. The van der Waals surface area contributed by atoms with Gasteiger partial charge in [-0.05, 0) is 43.5 Å². The van der Waals surface area contributed by atoms with Crippen molar-refractivity contribution in [1.29, 1.82) is 0 Å². The molecular formula is C16H22N2O5S. The van der Waals surface area contributed by atoms with Crippen LogP contribution in [-0.4, -0.2) is 55.7 Å². The van der Waals surface area contributed by atoms with Gasteiger partial charge in [0.1, 0.15) is 6.54 Å². The smallest absolute Gasteiger partial charge is 0.323 e.